The zero-order valence-electron chi connectivity index (χ0n) is 13.0. The maximum absolute atomic E-state index is 6.03. The molecule has 1 N–H and O–H groups in total. The maximum atomic E-state index is 6.03. The Hall–Kier alpha value is -0.900. The van der Waals surface area contributed by atoms with Crippen LogP contribution in [0.25, 0.3) is 10.1 Å². The first-order chi connectivity index (χ1) is 10.3. The summed E-state index contributed by atoms with van der Waals surface area (Å²) in [5.41, 5.74) is 1.47. The highest BCUT2D eigenvalue weighted by atomic mass is 32.1. The third kappa shape index (κ3) is 2.87. The van der Waals surface area contributed by atoms with Crippen molar-refractivity contribution >= 4 is 21.4 Å². The van der Waals surface area contributed by atoms with Gasteiger partial charge in [0.1, 0.15) is 0 Å². The van der Waals surface area contributed by atoms with Crippen molar-refractivity contribution in [2.75, 3.05) is 14.2 Å². The van der Waals surface area contributed by atoms with E-state index in [9.17, 15) is 0 Å². The molecule has 0 saturated heterocycles. The van der Waals surface area contributed by atoms with Gasteiger partial charge in [-0.15, -0.1) is 11.3 Å². The van der Waals surface area contributed by atoms with Crippen LogP contribution in [-0.4, -0.2) is 25.8 Å². The van der Waals surface area contributed by atoms with Crippen molar-refractivity contribution in [3.05, 3.63) is 35.2 Å². The zero-order valence-corrected chi connectivity index (χ0v) is 13.8. The number of hydrogen-bond donors (Lipinski definition) is 1. The Balaban J connectivity index is 1.86. The normalized spacial score (nSPS) is 19.7. The van der Waals surface area contributed by atoms with Crippen LogP contribution in [0.5, 0.6) is 0 Å². The van der Waals surface area contributed by atoms with Gasteiger partial charge in [-0.05, 0) is 48.7 Å². The number of benzene rings is 1. The van der Waals surface area contributed by atoms with Crippen LogP contribution in [0.1, 0.15) is 37.7 Å². The fraction of sp³-hybridized carbons (Fsp3) is 0.556. The van der Waals surface area contributed by atoms with Crippen LogP contribution in [0, 0.1) is 0 Å². The van der Waals surface area contributed by atoms with Gasteiger partial charge in [0, 0.05) is 17.9 Å². The van der Waals surface area contributed by atoms with Gasteiger partial charge in [-0.3, -0.25) is 0 Å². The van der Waals surface area contributed by atoms with Crippen molar-refractivity contribution in [2.24, 2.45) is 0 Å². The fourth-order valence-corrected chi connectivity index (χ4v) is 4.78. The number of hydrogen-bond acceptors (Lipinski definition) is 3. The standard InChI is InChI=1S/C18H25NOS/c1-19-17(18(20-2)10-6-3-7-11-18)12-14-13-21-16-9-5-4-8-15(14)16/h4-5,8-9,13,17,19H,3,6-7,10-12H2,1-2H3. The summed E-state index contributed by atoms with van der Waals surface area (Å²) in [6, 6.07) is 9.11. The molecule has 2 nitrogen and oxygen atoms in total. The lowest BCUT2D eigenvalue weighted by molar-refractivity contribution is -0.0656. The predicted octanol–water partition coefficient (Wildman–Crippen LogP) is 4.38. The highest BCUT2D eigenvalue weighted by molar-refractivity contribution is 7.17. The minimum atomic E-state index is 0.00996. The molecule has 1 aromatic heterocycles. The summed E-state index contributed by atoms with van der Waals surface area (Å²) in [6.07, 6.45) is 7.33. The smallest absolute Gasteiger partial charge is 0.0834 e. The molecule has 2 aromatic rings. The zero-order chi connectivity index (χ0) is 14.7. The molecule has 1 aliphatic rings. The SMILES string of the molecule is CNC(Cc1csc2ccccc12)C1(OC)CCCCC1. The minimum absolute atomic E-state index is 0.00996. The van der Waals surface area contributed by atoms with Crippen LogP contribution in [0.3, 0.4) is 0 Å². The van der Waals surface area contributed by atoms with Gasteiger partial charge < -0.3 is 10.1 Å². The van der Waals surface area contributed by atoms with Gasteiger partial charge in [0.25, 0.3) is 0 Å². The Bertz CT molecular complexity index is 586. The number of thiophene rings is 1. The third-order valence-corrected chi connectivity index (χ3v) is 6.09. The van der Waals surface area contributed by atoms with Gasteiger partial charge in [-0.25, -0.2) is 0 Å². The Morgan fingerprint density at radius 2 is 2.00 bits per heavy atom. The Kier molecular flexibility index (Phi) is 4.63. The molecule has 1 saturated carbocycles. The number of rotatable bonds is 5. The maximum Gasteiger partial charge on any atom is 0.0834 e. The molecular weight excluding hydrogens is 278 g/mol. The predicted molar refractivity (Wildman–Crippen MR) is 91.2 cm³/mol. The van der Waals surface area contributed by atoms with Gasteiger partial charge in [-0.2, -0.15) is 0 Å². The van der Waals surface area contributed by atoms with Crippen molar-refractivity contribution in [1.82, 2.24) is 5.32 Å². The van der Waals surface area contributed by atoms with E-state index in [-0.39, 0.29) is 5.60 Å². The van der Waals surface area contributed by atoms with Crippen LogP contribution < -0.4 is 5.32 Å². The van der Waals surface area contributed by atoms with E-state index in [1.165, 1.54) is 47.8 Å². The Morgan fingerprint density at radius 1 is 1.24 bits per heavy atom. The molecule has 0 amide bonds. The number of nitrogens with one attached hydrogen (secondary N) is 1. The van der Waals surface area contributed by atoms with E-state index in [4.69, 9.17) is 4.74 Å². The van der Waals surface area contributed by atoms with Crippen molar-refractivity contribution in [1.29, 1.82) is 0 Å². The van der Waals surface area contributed by atoms with E-state index in [1.54, 1.807) is 0 Å². The molecule has 21 heavy (non-hydrogen) atoms. The molecule has 0 spiro atoms. The molecule has 0 bridgehead atoms. The van der Waals surface area contributed by atoms with Gasteiger partial charge in [0.05, 0.1) is 5.60 Å². The first-order valence-electron chi connectivity index (χ1n) is 7.96. The van der Waals surface area contributed by atoms with Crippen molar-refractivity contribution in [3.63, 3.8) is 0 Å². The summed E-state index contributed by atoms with van der Waals surface area (Å²) >= 11 is 1.85. The van der Waals surface area contributed by atoms with E-state index in [0.29, 0.717) is 6.04 Å². The van der Waals surface area contributed by atoms with Crippen molar-refractivity contribution in [3.8, 4) is 0 Å². The fourth-order valence-electron chi connectivity index (χ4n) is 3.81. The largest absolute Gasteiger partial charge is 0.377 e. The number of ether oxygens (including phenoxy) is 1. The summed E-state index contributed by atoms with van der Waals surface area (Å²) in [6.45, 7) is 0. The van der Waals surface area contributed by atoms with Crippen LogP contribution in [0.2, 0.25) is 0 Å². The van der Waals surface area contributed by atoms with Crippen molar-refractivity contribution < 1.29 is 4.74 Å². The average Bonchev–Trinajstić information content (AvgIpc) is 2.96. The summed E-state index contributed by atoms with van der Waals surface area (Å²) in [4.78, 5) is 0. The van der Waals surface area contributed by atoms with E-state index in [1.807, 2.05) is 18.4 Å². The first-order valence-corrected chi connectivity index (χ1v) is 8.84. The topological polar surface area (TPSA) is 21.3 Å². The first kappa shape index (κ1) is 15.0. The highest BCUT2D eigenvalue weighted by Crippen LogP contribution is 2.36. The van der Waals surface area contributed by atoms with Crippen LogP contribution in [0.4, 0.5) is 0 Å². The third-order valence-electron chi connectivity index (χ3n) is 5.08. The van der Waals surface area contributed by atoms with E-state index < -0.39 is 0 Å². The summed E-state index contributed by atoms with van der Waals surface area (Å²) < 4.78 is 7.42. The molecular formula is C18H25NOS. The Labute approximate surface area is 131 Å². The second-order valence-corrected chi connectivity index (χ2v) is 7.04. The number of methoxy groups -OCH3 is 1. The number of fused-ring (bicyclic) bond motifs is 1. The van der Waals surface area contributed by atoms with E-state index in [0.717, 1.165) is 6.42 Å². The quantitative estimate of drug-likeness (QED) is 0.885. The summed E-state index contributed by atoms with van der Waals surface area (Å²) in [7, 11) is 3.97. The molecule has 1 aliphatic carbocycles. The van der Waals surface area contributed by atoms with Crippen LogP contribution in [0.15, 0.2) is 29.6 Å². The molecule has 3 rings (SSSR count). The minimum Gasteiger partial charge on any atom is -0.377 e. The monoisotopic (exact) mass is 303 g/mol. The highest BCUT2D eigenvalue weighted by Gasteiger charge is 2.39. The average molecular weight is 303 g/mol. The second kappa shape index (κ2) is 6.47. The number of likely N-dealkylation sites (N-methyl/N-ethyl adjacent to an activating group) is 1. The second-order valence-electron chi connectivity index (χ2n) is 6.13. The molecule has 1 atom stereocenters. The molecule has 1 unspecified atom stereocenters. The van der Waals surface area contributed by atoms with Crippen molar-refractivity contribution in [2.45, 2.75) is 50.2 Å². The lowest BCUT2D eigenvalue weighted by Gasteiger charge is -2.42. The molecule has 0 aliphatic heterocycles. The molecule has 3 heteroatoms. The van der Waals surface area contributed by atoms with E-state index in [2.05, 4.69) is 42.0 Å². The lowest BCUT2D eigenvalue weighted by Crippen LogP contribution is -2.53. The van der Waals surface area contributed by atoms with Gasteiger partial charge >= 0.3 is 0 Å². The molecule has 1 heterocycles. The lowest BCUT2D eigenvalue weighted by atomic mass is 9.77. The van der Waals surface area contributed by atoms with Crippen LogP contribution >= 0.6 is 11.3 Å². The Morgan fingerprint density at radius 3 is 2.71 bits per heavy atom. The van der Waals surface area contributed by atoms with Gasteiger partial charge in [0.2, 0.25) is 0 Å². The summed E-state index contributed by atoms with van der Waals surface area (Å²) in [5, 5.41) is 7.27. The van der Waals surface area contributed by atoms with Gasteiger partial charge in [0.15, 0.2) is 0 Å². The van der Waals surface area contributed by atoms with Gasteiger partial charge in [-0.1, -0.05) is 37.5 Å². The summed E-state index contributed by atoms with van der Waals surface area (Å²) in [5.74, 6) is 0. The molecule has 114 valence electrons. The van der Waals surface area contributed by atoms with E-state index >= 15 is 0 Å². The van der Waals surface area contributed by atoms with Crippen LogP contribution in [-0.2, 0) is 11.2 Å². The molecule has 1 fully saturated rings. The molecule has 1 aromatic carbocycles. The molecule has 0 radical (unpaired) electrons.